The first-order valence-corrected chi connectivity index (χ1v) is 6.70. The zero-order chi connectivity index (χ0) is 14.6. The lowest BCUT2D eigenvalue weighted by atomic mass is 9.92. The second-order valence-corrected chi connectivity index (χ2v) is 5.13. The van der Waals surface area contributed by atoms with Gasteiger partial charge in [0.15, 0.2) is 0 Å². The van der Waals surface area contributed by atoms with E-state index in [9.17, 15) is 9.18 Å². The Balaban J connectivity index is 2.91. The zero-order valence-electron chi connectivity index (χ0n) is 11.5. The first kappa shape index (κ1) is 15.9. The average molecular weight is 287 g/mol. The molecule has 0 radical (unpaired) electrons. The monoisotopic (exact) mass is 286 g/mol. The van der Waals surface area contributed by atoms with Crippen molar-refractivity contribution in [2.24, 2.45) is 5.73 Å². The average Bonchev–Trinajstić information content (AvgIpc) is 2.41. The van der Waals surface area contributed by atoms with Crippen molar-refractivity contribution in [3.8, 4) is 0 Å². The molecule has 1 aromatic rings. The Kier molecular flexibility index (Phi) is 5.32. The van der Waals surface area contributed by atoms with Gasteiger partial charge in [0.1, 0.15) is 5.82 Å². The highest BCUT2D eigenvalue weighted by atomic mass is 35.5. The number of nitrogens with two attached hydrogens (primary N) is 1. The molecule has 0 bridgehead atoms. The van der Waals surface area contributed by atoms with Crippen molar-refractivity contribution in [2.45, 2.75) is 38.8 Å². The molecule has 0 spiro atoms. The SMILES string of the molecule is CCC(N)(CC)C(=O)N(C)Cc1c(F)cccc1Cl. The van der Waals surface area contributed by atoms with Gasteiger partial charge in [-0.25, -0.2) is 4.39 Å². The summed E-state index contributed by atoms with van der Waals surface area (Å²) in [7, 11) is 1.61. The van der Waals surface area contributed by atoms with Crippen LogP contribution in [0.15, 0.2) is 18.2 Å². The number of benzene rings is 1. The molecule has 0 aromatic heterocycles. The maximum absolute atomic E-state index is 13.7. The van der Waals surface area contributed by atoms with E-state index in [4.69, 9.17) is 17.3 Å². The van der Waals surface area contributed by atoms with Crippen molar-refractivity contribution in [1.29, 1.82) is 0 Å². The minimum atomic E-state index is -0.896. The lowest BCUT2D eigenvalue weighted by Crippen LogP contribution is -2.53. The van der Waals surface area contributed by atoms with Gasteiger partial charge in [-0.2, -0.15) is 0 Å². The number of carbonyl (C=O) groups is 1. The van der Waals surface area contributed by atoms with Crippen LogP contribution in [-0.2, 0) is 11.3 Å². The van der Waals surface area contributed by atoms with Crippen LogP contribution in [-0.4, -0.2) is 23.4 Å². The molecule has 1 rings (SSSR count). The molecule has 3 nitrogen and oxygen atoms in total. The molecule has 2 N–H and O–H groups in total. The Morgan fingerprint density at radius 3 is 2.47 bits per heavy atom. The largest absolute Gasteiger partial charge is 0.340 e. The van der Waals surface area contributed by atoms with Crippen LogP contribution in [0.3, 0.4) is 0 Å². The number of hydrogen-bond acceptors (Lipinski definition) is 2. The van der Waals surface area contributed by atoms with E-state index in [1.807, 2.05) is 13.8 Å². The Labute approximate surface area is 118 Å². The zero-order valence-corrected chi connectivity index (χ0v) is 12.3. The Morgan fingerprint density at radius 1 is 1.42 bits per heavy atom. The molecule has 0 fully saturated rings. The van der Waals surface area contributed by atoms with E-state index >= 15 is 0 Å². The van der Waals surface area contributed by atoms with Crippen molar-refractivity contribution >= 4 is 17.5 Å². The number of likely N-dealkylation sites (N-methyl/N-ethyl adjacent to an activating group) is 1. The predicted molar refractivity (Wildman–Crippen MR) is 75.4 cm³/mol. The predicted octanol–water partition coefficient (Wildman–Crippen LogP) is 2.96. The molecule has 1 amide bonds. The quantitative estimate of drug-likeness (QED) is 0.904. The highest BCUT2D eigenvalue weighted by molar-refractivity contribution is 6.31. The molecule has 19 heavy (non-hydrogen) atoms. The van der Waals surface area contributed by atoms with Crippen LogP contribution in [0.4, 0.5) is 4.39 Å². The van der Waals surface area contributed by atoms with Gasteiger partial charge in [0.05, 0.1) is 5.54 Å². The van der Waals surface area contributed by atoms with Crippen LogP contribution in [0.1, 0.15) is 32.3 Å². The number of hydrogen-bond donors (Lipinski definition) is 1. The fraction of sp³-hybridized carbons (Fsp3) is 0.500. The molecule has 106 valence electrons. The third-order valence-corrected chi connectivity index (χ3v) is 3.85. The van der Waals surface area contributed by atoms with Crippen molar-refractivity contribution in [1.82, 2.24) is 4.90 Å². The maximum atomic E-state index is 13.7. The van der Waals surface area contributed by atoms with Crippen molar-refractivity contribution < 1.29 is 9.18 Å². The van der Waals surface area contributed by atoms with Gasteiger partial charge in [-0.1, -0.05) is 31.5 Å². The van der Waals surface area contributed by atoms with E-state index in [-0.39, 0.29) is 12.5 Å². The molecule has 1 aromatic carbocycles. The molecular formula is C14H20ClFN2O. The molecule has 0 aliphatic carbocycles. The molecule has 0 unspecified atom stereocenters. The van der Waals surface area contributed by atoms with Gasteiger partial charge < -0.3 is 10.6 Å². The van der Waals surface area contributed by atoms with Crippen LogP contribution in [0.25, 0.3) is 0 Å². The Bertz CT molecular complexity index is 441. The second kappa shape index (κ2) is 6.35. The van der Waals surface area contributed by atoms with Crippen molar-refractivity contribution in [3.63, 3.8) is 0 Å². The summed E-state index contributed by atoms with van der Waals surface area (Å²) < 4.78 is 13.7. The summed E-state index contributed by atoms with van der Waals surface area (Å²) in [6.45, 7) is 3.85. The third-order valence-electron chi connectivity index (χ3n) is 3.49. The Morgan fingerprint density at radius 2 is 2.00 bits per heavy atom. The van der Waals surface area contributed by atoms with Gasteiger partial charge in [-0.05, 0) is 25.0 Å². The first-order valence-electron chi connectivity index (χ1n) is 6.33. The topological polar surface area (TPSA) is 46.3 Å². The summed E-state index contributed by atoms with van der Waals surface area (Å²) in [5.41, 5.74) is 5.47. The summed E-state index contributed by atoms with van der Waals surface area (Å²) in [4.78, 5) is 13.7. The van der Waals surface area contributed by atoms with E-state index in [0.717, 1.165) is 0 Å². The highest BCUT2D eigenvalue weighted by Gasteiger charge is 2.32. The number of rotatable bonds is 5. The minimum Gasteiger partial charge on any atom is -0.340 e. The number of amides is 1. The van der Waals surface area contributed by atoms with E-state index in [1.165, 1.54) is 17.0 Å². The van der Waals surface area contributed by atoms with E-state index in [0.29, 0.717) is 23.4 Å². The molecule has 0 aliphatic heterocycles. The first-order chi connectivity index (χ1) is 8.85. The van der Waals surface area contributed by atoms with Crippen LogP contribution >= 0.6 is 11.6 Å². The summed E-state index contributed by atoms with van der Waals surface area (Å²) >= 11 is 5.95. The molecule has 0 saturated heterocycles. The smallest absolute Gasteiger partial charge is 0.242 e. The van der Waals surface area contributed by atoms with Crippen LogP contribution < -0.4 is 5.73 Å². The van der Waals surface area contributed by atoms with Crippen LogP contribution in [0.5, 0.6) is 0 Å². The van der Waals surface area contributed by atoms with Crippen LogP contribution in [0.2, 0.25) is 5.02 Å². The number of halogens is 2. The normalized spacial score (nSPS) is 11.5. The van der Waals surface area contributed by atoms with E-state index < -0.39 is 11.4 Å². The summed E-state index contributed by atoms with van der Waals surface area (Å²) in [6.07, 6.45) is 1.08. The van der Waals surface area contributed by atoms with Gasteiger partial charge >= 0.3 is 0 Å². The summed E-state index contributed by atoms with van der Waals surface area (Å²) in [5.74, 6) is -0.611. The minimum absolute atomic E-state index is 0.114. The van der Waals surface area contributed by atoms with E-state index in [1.54, 1.807) is 13.1 Å². The summed E-state index contributed by atoms with van der Waals surface area (Å²) in [5, 5.41) is 0.315. The molecule has 0 aliphatic rings. The van der Waals surface area contributed by atoms with Gasteiger partial charge in [-0.3, -0.25) is 4.79 Å². The molecule has 5 heteroatoms. The lowest BCUT2D eigenvalue weighted by Gasteiger charge is -2.31. The fourth-order valence-electron chi connectivity index (χ4n) is 1.92. The Hall–Kier alpha value is -1.13. The molecule has 0 atom stereocenters. The van der Waals surface area contributed by atoms with Gasteiger partial charge in [0, 0.05) is 24.2 Å². The standard InChI is InChI=1S/C14H20ClFN2O/c1-4-14(17,5-2)13(19)18(3)9-10-11(15)7-6-8-12(10)16/h6-8H,4-5,9,17H2,1-3H3. The second-order valence-electron chi connectivity index (χ2n) is 4.72. The van der Waals surface area contributed by atoms with E-state index in [2.05, 4.69) is 0 Å². The third kappa shape index (κ3) is 3.45. The number of carbonyl (C=O) groups excluding carboxylic acids is 1. The van der Waals surface area contributed by atoms with Crippen molar-refractivity contribution in [3.05, 3.63) is 34.6 Å². The maximum Gasteiger partial charge on any atom is 0.242 e. The molecule has 0 heterocycles. The van der Waals surface area contributed by atoms with Gasteiger partial charge in [0.25, 0.3) is 0 Å². The lowest BCUT2D eigenvalue weighted by molar-refractivity contribution is -0.136. The molecular weight excluding hydrogens is 267 g/mol. The van der Waals surface area contributed by atoms with Crippen LogP contribution in [0, 0.1) is 5.82 Å². The number of nitrogens with zero attached hydrogens (tertiary/aromatic N) is 1. The van der Waals surface area contributed by atoms with Gasteiger partial charge in [-0.15, -0.1) is 0 Å². The summed E-state index contributed by atoms with van der Waals surface area (Å²) in [6, 6.07) is 4.47. The van der Waals surface area contributed by atoms with Gasteiger partial charge in [0.2, 0.25) is 5.91 Å². The molecule has 0 saturated carbocycles. The van der Waals surface area contributed by atoms with Crippen molar-refractivity contribution in [2.75, 3.05) is 7.05 Å². The fourth-order valence-corrected chi connectivity index (χ4v) is 2.15. The highest BCUT2D eigenvalue weighted by Crippen LogP contribution is 2.22.